The van der Waals surface area contributed by atoms with Crippen molar-refractivity contribution in [1.29, 1.82) is 0 Å². The number of nitrogens with two attached hydrogens (primary N) is 1. The smallest absolute Gasteiger partial charge is 0.247 e. The van der Waals surface area contributed by atoms with Crippen molar-refractivity contribution in [2.75, 3.05) is 32.2 Å². The van der Waals surface area contributed by atoms with Crippen molar-refractivity contribution in [3.8, 4) is 5.88 Å². The van der Waals surface area contributed by atoms with Crippen LogP contribution in [0.2, 0.25) is 0 Å². The first-order valence-corrected chi connectivity index (χ1v) is 9.58. The molecule has 0 saturated carbocycles. The largest absolute Gasteiger partial charge is 0.476 e. The lowest BCUT2D eigenvalue weighted by atomic mass is 10.1. The highest BCUT2D eigenvalue weighted by atomic mass is 16.7. The van der Waals surface area contributed by atoms with Crippen LogP contribution in [0.25, 0.3) is 11.2 Å². The van der Waals surface area contributed by atoms with Crippen LogP contribution < -0.4 is 10.5 Å². The van der Waals surface area contributed by atoms with Crippen LogP contribution >= 0.6 is 0 Å². The molecule has 0 aliphatic rings. The fourth-order valence-electron chi connectivity index (χ4n) is 2.79. The fourth-order valence-corrected chi connectivity index (χ4v) is 2.79. The van der Waals surface area contributed by atoms with Gasteiger partial charge >= 0.3 is 0 Å². The van der Waals surface area contributed by atoms with Crippen LogP contribution in [0.4, 0.5) is 5.95 Å². The summed E-state index contributed by atoms with van der Waals surface area (Å²) < 4.78 is 18.8. The molecule has 0 aliphatic heterocycles. The third-order valence-corrected chi connectivity index (χ3v) is 4.13. The monoisotopic (exact) mass is 381 g/mol. The molecule has 152 valence electrons. The van der Waals surface area contributed by atoms with Crippen LogP contribution in [-0.2, 0) is 16.0 Å². The second-order valence-electron chi connectivity index (χ2n) is 6.28. The first-order chi connectivity index (χ1) is 13.1. The van der Waals surface area contributed by atoms with Gasteiger partial charge in [0.15, 0.2) is 17.5 Å². The average molecular weight is 381 g/mol. The molecule has 2 aromatic rings. The van der Waals surface area contributed by atoms with Gasteiger partial charge in [0.25, 0.3) is 0 Å². The van der Waals surface area contributed by atoms with Crippen molar-refractivity contribution in [1.82, 2.24) is 19.5 Å². The Hall–Kier alpha value is -1.97. The molecule has 2 aromatic heterocycles. The Morgan fingerprint density at radius 2 is 1.93 bits per heavy atom. The van der Waals surface area contributed by atoms with Gasteiger partial charge in [-0.3, -0.25) is 0 Å². The van der Waals surface area contributed by atoms with E-state index >= 15 is 0 Å². The summed E-state index contributed by atoms with van der Waals surface area (Å²) in [6.45, 7) is 8.10. The number of anilines is 1. The van der Waals surface area contributed by atoms with Crippen molar-refractivity contribution >= 4 is 17.1 Å². The third-order valence-electron chi connectivity index (χ3n) is 4.13. The van der Waals surface area contributed by atoms with Gasteiger partial charge in [0.1, 0.15) is 0 Å². The van der Waals surface area contributed by atoms with E-state index in [-0.39, 0.29) is 24.8 Å². The van der Waals surface area contributed by atoms with Crippen molar-refractivity contribution in [3.63, 3.8) is 0 Å². The van der Waals surface area contributed by atoms with Crippen molar-refractivity contribution in [2.45, 2.75) is 52.9 Å². The normalized spacial score (nSPS) is 12.8. The summed E-state index contributed by atoms with van der Waals surface area (Å²) in [5.41, 5.74) is 7.01. The number of hydrogen-bond donors (Lipinski definition) is 2. The van der Waals surface area contributed by atoms with E-state index in [4.69, 9.17) is 19.9 Å². The molecule has 0 spiro atoms. The first-order valence-electron chi connectivity index (χ1n) is 9.58. The number of fused-ring (bicyclic) bond motifs is 1. The van der Waals surface area contributed by atoms with E-state index in [1.807, 2.05) is 18.4 Å². The number of aliphatic hydroxyl groups is 1. The van der Waals surface area contributed by atoms with E-state index in [9.17, 15) is 5.11 Å². The SMILES string of the molecule is CCCCOc1nc(N)nc2c1ncn2C[C@H](CO)CC(OCC)OCC. The van der Waals surface area contributed by atoms with E-state index in [2.05, 4.69) is 21.9 Å². The van der Waals surface area contributed by atoms with Gasteiger partial charge in [0.05, 0.1) is 12.9 Å². The molecule has 2 heterocycles. The van der Waals surface area contributed by atoms with E-state index in [1.54, 1.807) is 6.33 Å². The maximum atomic E-state index is 9.81. The highest BCUT2D eigenvalue weighted by molar-refractivity contribution is 5.77. The Morgan fingerprint density at radius 3 is 2.56 bits per heavy atom. The minimum absolute atomic E-state index is 0.00323. The maximum Gasteiger partial charge on any atom is 0.247 e. The predicted octanol–water partition coefficient (Wildman–Crippen LogP) is 1.99. The topological polar surface area (TPSA) is 118 Å². The van der Waals surface area contributed by atoms with E-state index < -0.39 is 0 Å². The Balaban J connectivity index is 2.17. The Kier molecular flexibility index (Phi) is 8.70. The zero-order valence-electron chi connectivity index (χ0n) is 16.4. The van der Waals surface area contributed by atoms with E-state index in [0.717, 1.165) is 12.8 Å². The molecule has 2 rings (SSSR count). The molecule has 0 radical (unpaired) electrons. The maximum absolute atomic E-state index is 9.81. The Morgan fingerprint density at radius 1 is 1.19 bits per heavy atom. The lowest BCUT2D eigenvalue weighted by Gasteiger charge is -2.22. The number of aromatic nitrogens is 4. The molecule has 0 unspecified atom stereocenters. The summed E-state index contributed by atoms with van der Waals surface area (Å²) in [4.78, 5) is 12.9. The fraction of sp³-hybridized carbons (Fsp3) is 0.722. The van der Waals surface area contributed by atoms with Gasteiger partial charge < -0.3 is 29.6 Å². The number of nitrogen functional groups attached to an aromatic ring is 1. The molecule has 0 fully saturated rings. The summed E-state index contributed by atoms with van der Waals surface area (Å²) in [7, 11) is 0. The zero-order valence-corrected chi connectivity index (χ0v) is 16.4. The van der Waals surface area contributed by atoms with Crippen LogP contribution in [-0.4, -0.2) is 57.3 Å². The minimum Gasteiger partial charge on any atom is -0.476 e. The van der Waals surface area contributed by atoms with Crippen LogP contribution in [0, 0.1) is 5.92 Å². The van der Waals surface area contributed by atoms with E-state index in [1.165, 1.54) is 0 Å². The lowest BCUT2D eigenvalue weighted by molar-refractivity contribution is -0.148. The highest BCUT2D eigenvalue weighted by Crippen LogP contribution is 2.24. The van der Waals surface area contributed by atoms with Gasteiger partial charge in [-0.2, -0.15) is 9.97 Å². The van der Waals surface area contributed by atoms with E-state index in [0.29, 0.717) is 49.8 Å². The number of hydrogen-bond acceptors (Lipinski definition) is 8. The number of nitrogens with zero attached hydrogens (tertiary/aromatic N) is 4. The highest BCUT2D eigenvalue weighted by Gasteiger charge is 2.20. The average Bonchev–Trinajstić information content (AvgIpc) is 3.04. The van der Waals surface area contributed by atoms with Crippen molar-refractivity contribution in [2.24, 2.45) is 5.92 Å². The quantitative estimate of drug-likeness (QED) is 0.399. The molecule has 0 aliphatic carbocycles. The molecule has 0 amide bonds. The Labute approximate surface area is 159 Å². The van der Waals surface area contributed by atoms with Gasteiger partial charge in [-0.1, -0.05) is 13.3 Å². The summed E-state index contributed by atoms with van der Waals surface area (Å²) in [5, 5.41) is 9.81. The molecular formula is C18H31N5O4. The van der Waals surface area contributed by atoms with Gasteiger partial charge in [0.2, 0.25) is 11.8 Å². The molecule has 9 heteroatoms. The molecule has 9 nitrogen and oxygen atoms in total. The van der Waals surface area contributed by atoms with Gasteiger partial charge in [-0.25, -0.2) is 4.98 Å². The summed E-state index contributed by atoms with van der Waals surface area (Å²) in [5.74, 6) is 0.454. The molecule has 1 atom stereocenters. The minimum atomic E-state index is -0.348. The van der Waals surface area contributed by atoms with Crippen molar-refractivity contribution < 1.29 is 19.3 Å². The summed E-state index contributed by atoms with van der Waals surface area (Å²) in [6, 6.07) is 0. The Bertz CT molecular complexity index is 688. The molecule has 0 saturated heterocycles. The van der Waals surface area contributed by atoms with Crippen LogP contribution in [0.1, 0.15) is 40.0 Å². The summed E-state index contributed by atoms with van der Waals surface area (Å²) >= 11 is 0. The molecular weight excluding hydrogens is 350 g/mol. The first kappa shape index (κ1) is 21.3. The molecule has 0 bridgehead atoms. The number of rotatable bonds is 13. The van der Waals surface area contributed by atoms with Gasteiger partial charge in [-0.05, 0) is 20.3 Å². The predicted molar refractivity (Wildman–Crippen MR) is 102 cm³/mol. The number of ether oxygens (including phenoxy) is 3. The second-order valence-corrected chi connectivity index (χ2v) is 6.28. The van der Waals surface area contributed by atoms with Crippen molar-refractivity contribution in [3.05, 3.63) is 6.33 Å². The second kappa shape index (κ2) is 11.0. The zero-order chi connectivity index (χ0) is 19.6. The lowest BCUT2D eigenvalue weighted by Crippen LogP contribution is -2.25. The molecule has 0 aromatic carbocycles. The van der Waals surface area contributed by atoms with Crippen LogP contribution in [0.5, 0.6) is 5.88 Å². The standard InChI is InChI=1S/C18H31N5O4/c1-4-7-8-27-17-15-16(21-18(19)22-17)23(12-20-15)10-13(11-24)9-14(25-5-2)26-6-3/h12-14,24H,4-11H2,1-3H3,(H2,19,21,22)/t13-/m1/s1. The van der Waals surface area contributed by atoms with Gasteiger partial charge in [0, 0.05) is 38.7 Å². The number of aliphatic hydroxyl groups excluding tert-OH is 1. The van der Waals surface area contributed by atoms with Crippen LogP contribution in [0.3, 0.4) is 0 Å². The van der Waals surface area contributed by atoms with Gasteiger partial charge in [-0.15, -0.1) is 0 Å². The van der Waals surface area contributed by atoms with Crippen LogP contribution in [0.15, 0.2) is 6.33 Å². The number of unbranched alkanes of at least 4 members (excludes halogenated alkanes) is 1. The number of imidazole rings is 1. The molecule has 27 heavy (non-hydrogen) atoms. The third kappa shape index (κ3) is 6.02. The molecule has 3 N–H and O–H groups in total. The summed E-state index contributed by atoms with van der Waals surface area (Å²) in [6.07, 6.45) is 3.84.